The van der Waals surface area contributed by atoms with E-state index in [0.717, 1.165) is 23.6 Å². The van der Waals surface area contributed by atoms with Gasteiger partial charge in [-0.3, -0.25) is 9.78 Å². The van der Waals surface area contributed by atoms with Crippen molar-refractivity contribution < 1.29 is 4.79 Å². The first-order chi connectivity index (χ1) is 15.2. The van der Waals surface area contributed by atoms with Crippen LogP contribution in [-0.2, 0) is 6.54 Å². The van der Waals surface area contributed by atoms with Gasteiger partial charge in [0.15, 0.2) is 0 Å². The van der Waals surface area contributed by atoms with Gasteiger partial charge in [-0.15, -0.1) is 0 Å². The molecule has 4 aromatic rings. The average Bonchev–Trinajstić information content (AvgIpc) is 3.32. The molecule has 1 unspecified atom stereocenters. The molecule has 1 amide bonds. The van der Waals surface area contributed by atoms with E-state index in [-0.39, 0.29) is 11.9 Å². The van der Waals surface area contributed by atoms with Gasteiger partial charge in [0.05, 0.1) is 35.0 Å². The van der Waals surface area contributed by atoms with Gasteiger partial charge >= 0.3 is 0 Å². The number of nitrogens with zero attached hydrogens (tertiary/aromatic N) is 5. The van der Waals surface area contributed by atoms with Crippen molar-refractivity contribution in [2.75, 3.05) is 16.3 Å². The molecule has 1 atom stereocenters. The number of amides is 1. The van der Waals surface area contributed by atoms with Crippen LogP contribution < -0.4 is 9.80 Å². The minimum absolute atomic E-state index is 0.0474. The lowest BCUT2D eigenvalue weighted by Crippen LogP contribution is -2.49. The number of fused-ring (bicyclic) bond motifs is 1. The van der Waals surface area contributed by atoms with E-state index < -0.39 is 0 Å². The lowest BCUT2D eigenvalue weighted by molar-refractivity contribution is 0.0984. The quantitative estimate of drug-likeness (QED) is 0.504. The molecule has 154 valence electrons. The Bertz CT molecular complexity index is 1190. The molecule has 0 spiro atoms. The number of carbonyl (C=O) groups is 1. The fourth-order valence-electron chi connectivity index (χ4n) is 4.07. The van der Waals surface area contributed by atoms with Crippen molar-refractivity contribution in [1.82, 2.24) is 14.8 Å². The summed E-state index contributed by atoms with van der Waals surface area (Å²) in [6.07, 6.45) is 6.83. The van der Waals surface area contributed by atoms with Gasteiger partial charge in [0.1, 0.15) is 0 Å². The van der Waals surface area contributed by atoms with Crippen molar-refractivity contribution in [1.29, 1.82) is 0 Å². The summed E-state index contributed by atoms with van der Waals surface area (Å²) in [4.78, 5) is 21.8. The van der Waals surface area contributed by atoms with Crippen molar-refractivity contribution in [3.05, 3.63) is 103 Å². The summed E-state index contributed by atoms with van der Waals surface area (Å²) in [5.74, 6) is -0.0474. The van der Waals surface area contributed by atoms with Gasteiger partial charge in [-0.1, -0.05) is 42.5 Å². The number of carbonyl (C=O) groups excluding carboxylic acids is 1. The fraction of sp³-hybridized carbons (Fsp3) is 0.160. The molecule has 0 saturated heterocycles. The zero-order valence-corrected chi connectivity index (χ0v) is 17.3. The lowest BCUT2D eigenvalue weighted by atomic mass is 10.1. The van der Waals surface area contributed by atoms with Crippen molar-refractivity contribution >= 4 is 17.3 Å². The van der Waals surface area contributed by atoms with Crippen molar-refractivity contribution in [2.24, 2.45) is 0 Å². The summed E-state index contributed by atoms with van der Waals surface area (Å²) in [6, 6.07) is 22.5. The highest BCUT2D eigenvalue weighted by atomic mass is 16.2. The van der Waals surface area contributed by atoms with Gasteiger partial charge in [0, 0.05) is 31.5 Å². The smallest absolute Gasteiger partial charge is 0.261 e. The third kappa shape index (κ3) is 3.68. The van der Waals surface area contributed by atoms with Gasteiger partial charge in [-0.05, 0) is 36.8 Å². The summed E-state index contributed by atoms with van der Waals surface area (Å²) in [5, 5.41) is 4.37. The third-order valence-electron chi connectivity index (χ3n) is 5.64. The molecule has 0 bridgehead atoms. The van der Waals surface area contributed by atoms with Crippen LogP contribution in [0.25, 0.3) is 5.69 Å². The molecule has 6 nitrogen and oxygen atoms in total. The minimum Gasteiger partial charge on any atom is -0.361 e. The number of rotatable bonds is 4. The number of benzene rings is 2. The Hall–Kier alpha value is -3.93. The molecule has 1 aliphatic rings. The molecule has 0 fully saturated rings. The summed E-state index contributed by atoms with van der Waals surface area (Å²) in [6.45, 7) is 3.58. The van der Waals surface area contributed by atoms with E-state index in [2.05, 4.69) is 52.2 Å². The van der Waals surface area contributed by atoms with E-state index in [9.17, 15) is 4.79 Å². The van der Waals surface area contributed by atoms with Crippen LogP contribution in [0.4, 0.5) is 11.4 Å². The molecular formula is C25H23N5O. The molecule has 1 aliphatic heterocycles. The Morgan fingerprint density at radius 3 is 2.52 bits per heavy atom. The number of anilines is 2. The number of pyridine rings is 1. The molecule has 0 aliphatic carbocycles. The second-order valence-corrected chi connectivity index (χ2v) is 7.75. The summed E-state index contributed by atoms with van der Waals surface area (Å²) >= 11 is 0. The molecule has 2 aromatic heterocycles. The molecule has 0 saturated carbocycles. The first kappa shape index (κ1) is 19.1. The summed E-state index contributed by atoms with van der Waals surface area (Å²) in [5.41, 5.74) is 4.63. The number of hydrogen-bond donors (Lipinski definition) is 0. The monoisotopic (exact) mass is 409 g/mol. The second-order valence-electron chi connectivity index (χ2n) is 7.75. The van der Waals surface area contributed by atoms with Gasteiger partial charge < -0.3 is 9.80 Å². The highest BCUT2D eigenvalue weighted by molar-refractivity contribution is 6.08. The Kier molecular flexibility index (Phi) is 4.96. The maximum Gasteiger partial charge on any atom is 0.261 e. The van der Waals surface area contributed by atoms with Gasteiger partial charge in [-0.25, -0.2) is 4.68 Å². The van der Waals surface area contributed by atoms with Crippen molar-refractivity contribution in [3.8, 4) is 5.69 Å². The first-order valence-corrected chi connectivity index (χ1v) is 10.4. The third-order valence-corrected chi connectivity index (χ3v) is 5.64. The number of aromatic nitrogens is 3. The molecule has 0 radical (unpaired) electrons. The molecule has 6 heteroatoms. The highest BCUT2D eigenvalue weighted by Gasteiger charge is 2.32. The second kappa shape index (κ2) is 8.07. The van der Waals surface area contributed by atoms with E-state index in [4.69, 9.17) is 0 Å². The Labute approximate surface area is 181 Å². The van der Waals surface area contributed by atoms with E-state index in [1.165, 1.54) is 5.56 Å². The van der Waals surface area contributed by atoms with Crippen LogP contribution in [0.5, 0.6) is 0 Å². The average molecular weight is 409 g/mol. The zero-order valence-electron chi connectivity index (χ0n) is 17.3. The van der Waals surface area contributed by atoms with E-state index in [1.54, 1.807) is 29.5 Å². The standard InChI is InChI=1S/C25H23N5O/c1-19-16-29(25(31)21-14-27-30(18-21)22-10-7-13-26-15-22)24-12-6-5-11-23(24)28(19)17-20-8-3-2-4-9-20/h2-15,18-19H,16-17H2,1H3. The van der Waals surface area contributed by atoms with Crippen LogP contribution in [0.15, 0.2) is 91.5 Å². The Morgan fingerprint density at radius 2 is 1.74 bits per heavy atom. The summed E-state index contributed by atoms with van der Waals surface area (Å²) in [7, 11) is 0. The van der Waals surface area contributed by atoms with Gasteiger partial charge in [0.25, 0.3) is 5.91 Å². The molecule has 3 heterocycles. The maximum absolute atomic E-state index is 13.5. The molecule has 2 aromatic carbocycles. The fourth-order valence-corrected chi connectivity index (χ4v) is 4.07. The molecular weight excluding hydrogens is 386 g/mol. The normalized spacial score (nSPS) is 15.6. The first-order valence-electron chi connectivity index (χ1n) is 10.4. The Morgan fingerprint density at radius 1 is 0.968 bits per heavy atom. The van der Waals surface area contributed by atoms with Gasteiger partial charge in [0.2, 0.25) is 0 Å². The molecule has 31 heavy (non-hydrogen) atoms. The van der Waals surface area contributed by atoms with Crippen LogP contribution >= 0.6 is 0 Å². The number of para-hydroxylation sites is 2. The van der Waals surface area contributed by atoms with E-state index in [0.29, 0.717) is 12.1 Å². The minimum atomic E-state index is -0.0474. The summed E-state index contributed by atoms with van der Waals surface area (Å²) < 4.78 is 1.68. The predicted molar refractivity (Wildman–Crippen MR) is 122 cm³/mol. The topological polar surface area (TPSA) is 54.3 Å². The maximum atomic E-state index is 13.5. The zero-order chi connectivity index (χ0) is 21.2. The van der Waals surface area contributed by atoms with Crippen molar-refractivity contribution in [2.45, 2.75) is 19.5 Å². The van der Waals surface area contributed by atoms with Crippen LogP contribution in [0, 0.1) is 0 Å². The van der Waals surface area contributed by atoms with Crippen molar-refractivity contribution in [3.63, 3.8) is 0 Å². The van der Waals surface area contributed by atoms with Crippen LogP contribution in [0.3, 0.4) is 0 Å². The highest BCUT2D eigenvalue weighted by Crippen LogP contribution is 2.37. The lowest BCUT2D eigenvalue weighted by Gasteiger charge is -2.42. The molecule has 5 rings (SSSR count). The van der Waals surface area contributed by atoms with E-state index in [1.807, 2.05) is 41.3 Å². The van der Waals surface area contributed by atoms with Crippen LogP contribution in [0.1, 0.15) is 22.8 Å². The van der Waals surface area contributed by atoms with Gasteiger partial charge in [-0.2, -0.15) is 5.10 Å². The predicted octanol–water partition coefficient (Wildman–Crippen LogP) is 4.32. The van der Waals surface area contributed by atoms with Crippen LogP contribution in [-0.4, -0.2) is 33.3 Å². The van der Waals surface area contributed by atoms with Crippen LogP contribution in [0.2, 0.25) is 0 Å². The largest absolute Gasteiger partial charge is 0.361 e. The SMILES string of the molecule is CC1CN(C(=O)c2cnn(-c3cccnc3)c2)c2ccccc2N1Cc1ccccc1. The Balaban J connectivity index is 1.45. The van der Waals surface area contributed by atoms with E-state index >= 15 is 0 Å². The number of hydrogen-bond acceptors (Lipinski definition) is 4. The molecule has 0 N–H and O–H groups in total.